The van der Waals surface area contributed by atoms with Crippen LogP contribution in [0.15, 0.2) is 40.8 Å². The molecule has 0 N–H and O–H groups in total. The van der Waals surface area contributed by atoms with Crippen molar-refractivity contribution in [2.45, 2.75) is 52.5 Å². The minimum atomic E-state index is 0.0102. The first-order valence-corrected chi connectivity index (χ1v) is 9.42. The lowest BCUT2D eigenvalue weighted by molar-refractivity contribution is -0.132. The van der Waals surface area contributed by atoms with Crippen molar-refractivity contribution in [1.82, 2.24) is 5.01 Å². The number of rotatable bonds is 4. The standard InChI is InChI=1S/C20H24N2OS/c1-5-20(23)22-18(16-8-6-15(7-9-16)13(2)3)11-17(21-22)19-10-14(4)12-24-19/h6-10,12-13,18H,5,11H2,1-4H3. The summed E-state index contributed by atoms with van der Waals surface area (Å²) in [5.41, 5.74) is 4.75. The van der Waals surface area contributed by atoms with Crippen LogP contribution in [0.25, 0.3) is 0 Å². The van der Waals surface area contributed by atoms with E-state index in [0.29, 0.717) is 12.3 Å². The quantitative estimate of drug-likeness (QED) is 0.746. The van der Waals surface area contributed by atoms with E-state index < -0.39 is 0 Å². The lowest BCUT2D eigenvalue weighted by atomic mass is 9.96. The Labute approximate surface area is 148 Å². The summed E-state index contributed by atoms with van der Waals surface area (Å²) in [4.78, 5) is 13.5. The summed E-state index contributed by atoms with van der Waals surface area (Å²) in [6.07, 6.45) is 1.26. The second-order valence-electron chi connectivity index (χ2n) is 6.67. The van der Waals surface area contributed by atoms with Crippen LogP contribution < -0.4 is 0 Å². The van der Waals surface area contributed by atoms with Crippen LogP contribution >= 0.6 is 11.3 Å². The van der Waals surface area contributed by atoms with Crippen molar-refractivity contribution in [1.29, 1.82) is 0 Å². The highest BCUT2D eigenvalue weighted by Gasteiger charge is 2.32. The van der Waals surface area contributed by atoms with Crippen molar-refractivity contribution in [3.05, 3.63) is 57.3 Å². The van der Waals surface area contributed by atoms with Crippen molar-refractivity contribution in [3.63, 3.8) is 0 Å². The van der Waals surface area contributed by atoms with Gasteiger partial charge >= 0.3 is 0 Å². The molecule has 1 atom stereocenters. The highest BCUT2D eigenvalue weighted by atomic mass is 32.1. The number of benzene rings is 1. The third-order valence-corrected chi connectivity index (χ3v) is 5.57. The maximum Gasteiger partial charge on any atom is 0.242 e. The first-order valence-electron chi connectivity index (χ1n) is 8.54. The summed E-state index contributed by atoms with van der Waals surface area (Å²) < 4.78 is 0. The summed E-state index contributed by atoms with van der Waals surface area (Å²) in [6, 6.07) is 10.8. The molecule has 1 aromatic carbocycles. The summed E-state index contributed by atoms with van der Waals surface area (Å²) in [5.74, 6) is 0.591. The molecule has 126 valence electrons. The highest BCUT2D eigenvalue weighted by Crippen LogP contribution is 2.35. The Morgan fingerprint density at radius 3 is 2.58 bits per heavy atom. The molecule has 4 heteroatoms. The van der Waals surface area contributed by atoms with Gasteiger partial charge in [-0.3, -0.25) is 4.79 Å². The molecule has 3 rings (SSSR count). The normalized spacial score (nSPS) is 17.5. The largest absolute Gasteiger partial charge is 0.273 e. The molecule has 0 fully saturated rings. The van der Waals surface area contributed by atoms with Gasteiger partial charge in [0, 0.05) is 12.8 Å². The van der Waals surface area contributed by atoms with Gasteiger partial charge in [-0.15, -0.1) is 11.3 Å². The maximum atomic E-state index is 12.4. The average molecular weight is 340 g/mol. The molecule has 0 spiro atoms. The molecule has 1 aliphatic rings. The highest BCUT2D eigenvalue weighted by molar-refractivity contribution is 7.12. The first-order chi connectivity index (χ1) is 11.5. The molecule has 1 aliphatic heterocycles. The number of thiophene rings is 1. The molecule has 1 unspecified atom stereocenters. The van der Waals surface area contributed by atoms with Crippen molar-refractivity contribution in [2.75, 3.05) is 0 Å². The van der Waals surface area contributed by atoms with Crippen LogP contribution in [0.1, 0.15) is 67.1 Å². The van der Waals surface area contributed by atoms with Gasteiger partial charge in [0.2, 0.25) is 5.91 Å². The van der Waals surface area contributed by atoms with Gasteiger partial charge in [-0.1, -0.05) is 45.0 Å². The smallest absolute Gasteiger partial charge is 0.242 e. The molecule has 0 saturated carbocycles. The van der Waals surface area contributed by atoms with Crippen molar-refractivity contribution < 1.29 is 4.79 Å². The number of amides is 1. The van der Waals surface area contributed by atoms with Gasteiger partial charge in [0.05, 0.1) is 16.6 Å². The fourth-order valence-corrected chi connectivity index (χ4v) is 3.89. The molecular weight excluding hydrogens is 316 g/mol. The summed E-state index contributed by atoms with van der Waals surface area (Å²) >= 11 is 1.70. The number of hydrogen-bond donors (Lipinski definition) is 0. The van der Waals surface area contributed by atoms with E-state index in [4.69, 9.17) is 0 Å². The van der Waals surface area contributed by atoms with Crippen LogP contribution in [0.2, 0.25) is 0 Å². The number of hydrogen-bond acceptors (Lipinski definition) is 3. The Morgan fingerprint density at radius 1 is 1.33 bits per heavy atom. The fraction of sp³-hybridized carbons (Fsp3) is 0.400. The van der Waals surface area contributed by atoms with E-state index in [1.807, 2.05) is 6.92 Å². The maximum absolute atomic E-state index is 12.4. The van der Waals surface area contributed by atoms with Crippen LogP contribution in [-0.2, 0) is 4.79 Å². The van der Waals surface area contributed by atoms with Crippen molar-refractivity contribution in [3.8, 4) is 0 Å². The van der Waals surface area contributed by atoms with Gasteiger partial charge < -0.3 is 0 Å². The van der Waals surface area contributed by atoms with E-state index in [1.54, 1.807) is 16.3 Å². The third-order valence-electron chi connectivity index (χ3n) is 4.47. The molecule has 24 heavy (non-hydrogen) atoms. The topological polar surface area (TPSA) is 32.7 Å². The Hall–Kier alpha value is -1.94. The lowest BCUT2D eigenvalue weighted by Crippen LogP contribution is -2.26. The van der Waals surface area contributed by atoms with E-state index in [-0.39, 0.29) is 11.9 Å². The SMILES string of the molecule is CCC(=O)N1N=C(c2cc(C)cs2)CC1c1ccc(C(C)C)cc1. The number of hydrazone groups is 1. The van der Waals surface area contributed by atoms with Crippen molar-refractivity contribution >= 4 is 23.0 Å². The molecule has 2 heterocycles. The third kappa shape index (κ3) is 3.29. The number of carbonyl (C=O) groups excluding carboxylic acids is 1. The molecule has 0 aliphatic carbocycles. The van der Waals surface area contributed by atoms with Crippen LogP contribution in [0, 0.1) is 6.92 Å². The predicted molar refractivity (Wildman–Crippen MR) is 101 cm³/mol. The zero-order chi connectivity index (χ0) is 17.3. The van der Waals surface area contributed by atoms with Crippen LogP contribution in [0.5, 0.6) is 0 Å². The molecule has 2 aromatic rings. The predicted octanol–water partition coefficient (Wildman–Crippen LogP) is 5.27. The second-order valence-corrected chi connectivity index (χ2v) is 7.58. The molecule has 0 radical (unpaired) electrons. The average Bonchev–Trinajstić information content (AvgIpc) is 3.20. The van der Waals surface area contributed by atoms with E-state index in [9.17, 15) is 4.79 Å². The monoisotopic (exact) mass is 340 g/mol. The number of aryl methyl sites for hydroxylation is 1. The zero-order valence-electron chi connectivity index (χ0n) is 14.7. The molecule has 1 aromatic heterocycles. The van der Waals surface area contributed by atoms with Gasteiger partial charge in [-0.2, -0.15) is 5.10 Å². The zero-order valence-corrected chi connectivity index (χ0v) is 15.6. The van der Waals surface area contributed by atoms with Gasteiger partial charge in [0.25, 0.3) is 0 Å². The Kier molecular flexibility index (Phi) is 4.86. The molecule has 3 nitrogen and oxygen atoms in total. The molecule has 1 amide bonds. The first kappa shape index (κ1) is 16.9. The number of nitrogens with zero attached hydrogens (tertiary/aromatic N) is 2. The minimum Gasteiger partial charge on any atom is -0.273 e. The van der Waals surface area contributed by atoms with Gasteiger partial charge in [-0.05, 0) is 41.0 Å². The van der Waals surface area contributed by atoms with E-state index in [2.05, 4.69) is 61.6 Å². The minimum absolute atomic E-state index is 0.0102. The Morgan fingerprint density at radius 2 is 2.04 bits per heavy atom. The van der Waals surface area contributed by atoms with E-state index in [1.165, 1.54) is 16.0 Å². The molecule has 0 bridgehead atoms. The Balaban J connectivity index is 1.90. The molecular formula is C20H24N2OS. The van der Waals surface area contributed by atoms with Gasteiger partial charge in [0.1, 0.15) is 0 Å². The Bertz CT molecular complexity index is 758. The molecule has 0 saturated heterocycles. The van der Waals surface area contributed by atoms with Gasteiger partial charge in [-0.25, -0.2) is 5.01 Å². The van der Waals surface area contributed by atoms with Crippen LogP contribution in [-0.4, -0.2) is 16.6 Å². The summed E-state index contributed by atoms with van der Waals surface area (Å²) in [6.45, 7) is 8.37. The van der Waals surface area contributed by atoms with Crippen LogP contribution in [0.3, 0.4) is 0 Å². The summed E-state index contributed by atoms with van der Waals surface area (Å²) in [7, 11) is 0. The second kappa shape index (κ2) is 6.89. The van der Waals surface area contributed by atoms with Crippen LogP contribution in [0.4, 0.5) is 0 Å². The van der Waals surface area contributed by atoms with E-state index >= 15 is 0 Å². The number of carbonyl (C=O) groups is 1. The van der Waals surface area contributed by atoms with E-state index in [0.717, 1.165) is 17.7 Å². The van der Waals surface area contributed by atoms with Crippen molar-refractivity contribution in [2.24, 2.45) is 5.10 Å². The fourth-order valence-electron chi connectivity index (χ4n) is 3.00. The lowest BCUT2D eigenvalue weighted by Gasteiger charge is -2.22. The van der Waals surface area contributed by atoms with Gasteiger partial charge in [0.15, 0.2) is 0 Å². The summed E-state index contributed by atoms with van der Waals surface area (Å²) in [5, 5.41) is 8.49.